The van der Waals surface area contributed by atoms with Crippen LogP contribution in [0.4, 0.5) is 11.4 Å². The molecular formula is C18H18N2O. The molecule has 1 atom stereocenters. The van der Waals surface area contributed by atoms with Crippen molar-refractivity contribution in [3.8, 4) is 0 Å². The highest BCUT2D eigenvalue weighted by atomic mass is 16.1. The van der Waals surface area contributed by atoms with E-state index in [0.29, 0.717) is 18.5 Å². The third-order valence-corrected chi connectivity index (χ3v) is 3.72. The molecule has 0 spiro atoms. The maximum atomic E-state index is 12.0. The van der Waals surface area contributed by atoms with E-state index in [1.54, 1.807) is 0 Å². The summed E-state index contributed by atoms with van der Waals surface area (Å²) in [7, 11) is 0. The fourth-order valence-electron chi connectivity index (χ4n) is 2.67. The van der Waals surface area contributed by atoms with Crippen LogP contribution in [0.15, 0.2) is 66.4 Å². The molecule has 3 heteroatoms. The lowest BCUT2D eigenvalue weighted by Crippen LogP contribution is -2.17. The highest BCUT2D eigenvalue weighted by Gasteiger charge is 2.21. The second kappa shape index (κ2) is 5.83. The molecule has 3 rings (SSSR count). The molecule has 2 aromatic carbocycles. The number of carbonyl (C=O) groups excluding carboxylic acids is 1. The predicted molar refractivity (Wildman–Crippen MR) is 86.0 cm³/mol. The Labute approximate surface area is 124 Å². The highest BCUT2D eigenvalue weighted by molar-refractivity contribution is 5.85. The molecule has 0 amide bonds. The second-order valence-electron chi connectivity index (χ2n) is 5.34. The third-order valence-electron chi connectivity index (χ3n) is 3.72. The smallest absolute Gasteiger partial charge is 0.139 e. The highest BCUT2D eigenvalue weighted by Crippen LogP contribution is 2.30. The molecule has 106 valence electrons. The summed E-state index contributed by atoms with van der Waals surface area (Å²) in [4.78, 5) is 12.0. The zero-order chi connectivity index (χ0) is 14.7. The van der Waals surface area contributed by atoms with Crippen LogP contribution in [-0.2, 0) is 4.79 Å². The largest absolute Gasteiger partial charge is 0.397 e. The minimum atomic E-state index is 0.139. The lowest BCUT2D eigenvalue weighted by atomic mass is 9.87. The molecule has 0 bridgehead atoms. The Balaban J connectivity index is 1.86. The van der Waals surface area contributed by atoms with Crippen molar-refractivity contribution in [3.63, 3.8) is 0 Å². The summed E-state index contributed by atoms with van der Waals surface area (Å²) >= 11 is 0. The fraction of sp³-hybridized carbons (Fsp3) is 0.167. The predicted octanol–water partition coefficient (Wildman–Crippen LogP) is 3.71. The lowest BCUT2D eigenvalue weighted by Gasteiger charge is -2.22. The Hall–Kier alpha value is -2.55. The minimum Gasteiger partial charge on any atom is -0.397 e. The van der Waals surface area contributed by atoms with E-state index in [1.807, 2.05) is 42.5 Å². The molecule has 1 unspecified atom stereocenters. The molecule has 0 heterocycles. The molecule has 0 saturated heterocycles. The van der Waals surface area contributed by atoms with Gasteiger partial charge in [0.15, 0.2) is 0 Å². The van der Waals surface area contributed by atoms with Crippen molar-refractivity contribution < 1.29 is 4.79 Å². The van der Waals surface area contributed by atoms with Gasteiger partial charge in [-0.1, -0.05) is 48.5 Å². The first-order valence-electron chi connectivity index (χ1n) is 7.11. The summed E-state index contributed by atoms with van der Waals surface area (Å²) < 4.78 is 0. The average Bonchev–Trinajstić information content (AvgIpc) is 2.50. The number of nitrogen functional groups attached to an aromatic ring is 1. The van der Waals surface area contributed by atoms with Crippen LogP contribution in [0.3, 0.4) is 0 Å². The van der Waals surface area contributed by atoms with Crippen LogP contribution in [0.5, 0.6) is 0 Å². The first-order chi connectivity index (χ1) is 10.2. The van der Waals surface area contributed by atoms with Crippen molar-refractivity contribution in [2.45, 2.75) is 18.8 Å². The molecule has 1 aliphatic rings. The summed E-state index contributed by atoms with van der Waals surface area (Å²) in [6, 6.07) is 17.7. The number of benzene rings is 2. The van der Waals surface area contributed by atoms with Gasteiger partial charge in [-0.3, -0.25) is 4.79 Å². The van der Waals surface area contributed by atoms with E-state index < -0.39 is 0 Å². The quantitative estimate of drug-likeness (QED) is 0.841. The van der Waals surface area contributed by atoms with Gasteiger partial charge in [-0.15, -0.1) is 0 Å². The molecule has 0 aromatic heterocycles. The van der Waals surface area contributed by atoms with Gasteiger partial charge in [0.2, 0.25) is 0 Å². The van der Waals surface area contributed by atoms with E-state index in [-0.39, 0.29) is 11.7 Å². The fourth-order valence-corrected chi connectivity index (χ4v) is 2.67. The van der Waals surface area contributed by atoms with Gasteiger partial charge in [0.05, 0.1) is 11.4 Å². The normalized spacial score (nSPS) is 18.2. The number of anilines is 2. The molecule has 21 heavy (non-hydrogen) atoms. The van der Waals surface area contributed by atoms with Crippen molar-refractivity contribution in [2.75, 3.05) is 11.1 Å². The molecule has 0 saturated carbocycles. The van der Waals surface area contributed by atoms with Crippen molar-refractivity contribution in [1.82, 2.24) is 0 Å². The number of ketones is 1. The summed E-state index contributed by atoms with van der Waals surface area (Å²) in [5.74, 6) is 0.392. The Morgan fingerprint density at radius 2 is 1.71 bits per heavy atom. The van der Waals surface area contributed by atoms with Crippen LogP contribution in [0.25, 0.3) is 0 Å². The number of hydrogen-bond acceptors (Lipinski definition) is 3. The number of nitrogens with two attached hydrogens (primary N) is 1. The number of carbonyl (C=O) groups is 1. The van der Waals surface area contributed by atoms with Gasteiger partial charge in [0.25, 0.3) is 0 Å². The third kappa shape index (κ3) is 3.14. The van der Waals surface area contributed by atoms with Crippen LogP contribution in [0.1, 0.15) is 24.3 Å². The van der Waals surface area contributed by atoms with E-state index in [4.69, 9.17) is 5.73 Å². The zero-order valence-electron chi connectivity index (χ0n) is 11.8. The molecule has 0 radical (unpaired) electrons. The Kier molecular flexibility index (Phi) is 3.73. The van der Waals surface area contributed by atoms with Crippen molar-refractivity contribution in [2.24, 2.45) is 0 Å². The van der Waals surface area contributed by atoms with Crippen LogP contribution in [-0.4, -0.2) is 5.78 Å². The van der Waals surface area contributed by atoms with Gasteiger partial charge in [-0.25, -0.2) is 0 Å². The Bertz CT molecular complexity index is 677. The van der Waals surface area contributed by atoms with Gasteiger partial charge in [0, 0.05) is 24.5 Å². The number of nitrogens with one attached hydrogen (secondary N) is 1. The topological polar surface area (TPSA) is 55.1 Å². The van der Waals surface area contributed by atoms with Crippen molar-refractivity contribution in [3.05, 3.63) is 71.9 Å². The van der Waals surface area contributed by atoms with Gasteiger partial charge < -0.3 is 11.1 Å². The number of para-hydroxylation sites is 2. The molecule has 3 nitrogen and oxygen atoms in total. The standard InChI is InChI=1S/C18H18N2O/c19-17-8-4-5-9-18(17)20-15-10-14(11-16(21)12-15)13-6-2-1-3-7-13/h1-10,14,20H,11-12,19H2. The average molecular weight is 278 g/mol. The zero-order valence-corrected chi connectivity index (χ0v) is 11.8. The first-order valence-corrected chi connectivity index (χ1v) is 7.11. The van der Waals surface area contributed by atoms with E-state index in [0.717, 1.165) is 11.4 Å². The SMILES string of the molecule is Nc1ccccc1NC1=CC(c2ccccc2)CC(=O)C1. The molecule has 3 N–H and O–H groups in total. The monoisotopic (exact) mass is 278 g/mol. The van der Waals surface area contributed by atoms with E-state index >= 15 is 0 Å². The van der Waals surface area contributed by atoms with Gasteiger partial charge in [0.1, 0.15) is 5.78 Å². The molecule has 0 aliphatic heterocycles. The number of rotatable bonds is 3. The summed E-state index contributed by atoms with van der Waals surface area (Å²) in [5.41, 5.74) is 9.58. The van der Waals surface area contributed by atoms with Crippen LogP contribution < -0.4 is 11.1 Å². The van der Waals surface area contributed by atoms with Gasteiger partial charge >= 0.3 is 0 Å². The van der Waals surface area contributed by atoms with Gasteiger partial charge in [-0.2, -0.15) is 0 Å². The second-order valence-corrected chi connectivity index (χ2v) is 5.34. The summed E-state index contributed by atoms with van der Waals surface area (Å²) in [5, 5.41) is 3.29. The number of allylic oxidation sites excluding steroid dienone is 2. The van der Waals surface area contributed by atoms with E-state index in [2.05, 4.69) is 23.5 Å². The number of Topliss-reactive ketones (excluding diaryl/α,β-unsaturated/α-hetero) is 1. The number of hydrogen-bond donors (Lipinski definition) is 2. The summed E-state index contributed by atoms with van der Waals surface area (Å²) in [6.45, 7) is 0. The van der Waals surface area contributed by atoms with Crippen molar-refractivity contribution in [1.29, 1.82) is 0 Å². The van der Waals surface area contributed by atoms with Crippen molar-refractivity contribution >= 4 is 17.2 Å². The molecule has 1 aliphatic carbocycles. The Morgan fingerprint density at radius 3 is 2.48 bits per heavy atom. The molecule has 0 fully saturated rings. The van der Waals surface area contributed by atoms with E-state index in [9.17, 15) is 4.79 Å². The van der Waals surface area contributed by atoms with Gasteiger partial charge in [-0.05, 0) is 17.7 Å². The maximum Gasteiger partial charge on any atom is 0.139 e. The van der Waals surface area contributed by atoms with E-state index in [1.165, 1.54) is 5.56 Å². The summed E-state index contributed by atoms with van der Waals surface area (Å²) in [6.07, 6.45) is 3.15. The Morgan fingerprint density at radius 1 is 1.00 bits per heavy atom. The minimum absolute atomic E-state index is 0.139. The maximum absolute atomic E-state index is 12.0. The lowest BCUT2D eigenvalue weighted by molar-refractivity contribution is -0.118. The van der Waals surface area contributed by atoms with Crippen LogP contribution in [0, 0.1) is 0 Å². The molecular weight excluding hydrogens is 260 g/mol. The van der Waals surface area contributed by atoms with Crippen LogP contribution >= 0.6 is 0 Å². The first kappa shape index (κ1) is 13.4. The molecule has 2 aromatic rings. The van der Waals surface area contributed by atoms with Crippen LogP contribution in [0.2, 0.25) is 0 Å².